The summed E-state index contributed by atoms with van der Waals surface area (Å²) in [6, 6.07) is 11.0. The maximum atomic E-state index is 10.7. The number of rotatable bonds is 4. The van der Waals surface area contributed by atoms with Crippen LogP contribution in [0.4, 0.5) is 0 Å². The molecule has 1 fully saturated rings. The first-order chi connectivity index (χ1) is 10.4. The molecule has 0 radical (unpaired) electrons. The van der Waals surface area contributed by atoms with Crippen molar-refractivity contribution in [3.8, 4) is 11.6 Å². The first-order valence-corrected chi connectivity index (χ1v) is 7.12. The first kappa shape index (κ1) is 13.8. The Morgan fingerprint density at radius 3 is 2.62 bits per heavy atom. The van der Waals surface area contributed by atoms with Gasteiger partial charge in [0.25, 0.3) is 0 Å². The molecule has 0 amide bonds. The van der Waals surface area contributed by atoms with Gasteiger partial charge in [-0.25, -0.2) is 4.98 Å². The molecule has 4 heteroatoms. The zero-order valence-corrected chi connectivity index (χ0v) is 11.7. The normalized spacial score (nSPS) is 15.6. The summed E-state index contributed by atoms with van der Waals surface area (Å²) < 4.78 is 11.3. The molecule has 0 atom stereocenters. The maximum absolute atomic E-state index is 10.7. The summed E-state index contributed by atoms with van der Waals surface area (Å²) in [6.07, 6.45) is 4.54. The molecule has 2 heterocycles. The lowest BCUT2D eigenvalue weighted by Crippen LogP contribution is -2.15. The van der Waals surface area contributed by atoms with Gasteiger partial charge in [-0.15, -0.1) is 0 Å². The molecule has 0 spiro atoms. The Hall–Kier alpha value is -2.20. The summed E-state index contributed by atoms with van der Waals surface area (Å²) in [5, 5.41) is 0. The van der Waals surface area contributed by atoms with Crippen molar-refractivity contribution in [2.75, 3.05) is 13.2 Å². The topological polar surface area (TPSA) is 48.4 Å². The predicted molar refractivity (Wildman–Crippen MR) is 78.9 cm³/mol. The quantitative estimate of drug-likeness (QED) is 0.805. The van der Waals surface area contributed by atoms with Crippen LogP contribution in [0.5, 0.6) is 11.6 Å². The fourth-order valence-corrected chi connectivity index (χ4v) is 2.53. The lowest BCUT2D eigenvalue weighted by Gasteiger charge is -2.23. The molecule has 1 aromatic carbocycles. The number of hydrogen-bond acceptors (Lipinski definition) is 4. The van der Waals surface area contributed by atoms with E-state index in [0.29, 0.717) is 23.1 Å². The first-order valence-electron chi connectivity index (χ1n) is 7.12. The Kier molecular flexibility index (Phi) is 4.26. The van der Waals surface area contributed by atoms with Gasteiger partial charge >= 0.3 is 0 Å². The van der Waals surface area contributed by atoms with E-state index >= 15 is 0 Å². The van der Waals surface area contributed by atoms with Gasteiger partial charge in [-0.3, -0.25) is 4.79 Å². The number of carbonyl (C=O) groups excluding carboxylic acids is 1. The number of aromatic nitrogens is 1. The molecular formula is C17H17NO3. The number of carbonyl (C=O) groups is 1. The highest BCUT2D eigenvalue weighted by Gasteiger charge is 2.20. The third kappa shape index (κ3) is 3.28. The molecule has 4 nitrogen and oxygen atoms in total. The van der Waals surface area contributed by atoms with E-state index in [2.05, 4.69) is 11.1 Å². The monoisotopic (exact) mass is 283 g/mol. The minimum absolute atomic E-state index is 0.427. The van der Waals surface area contributed by atoms with Crippen LogP contribution in [0, 0.1) is 0 Å². The highest BCUT2D eigenvalue weighted by Crippen LogP contribution is 2.34. The van der Waals surface area contributed by atoms with Crippen LogP contribution in [0.15, 0.2) is 42.6 Å². The van der Waals surface area contributed by atoms with Crippen molar-refractivity contribution in [1.82, 2.24) is 4.98 Å². The summed E-state index contributed by atoms with van der Waals surface area (Å²) in [6.45, 7) is 1.57. The van der Waals surface area contributed by atoms with Gasteiger partial charge in [0.2, 0.25) is 5.88 Å². The number of ether oxygens (including phenoxy) is 2. The second-order valence-electron chi connectivity index (χ2n) is 5.07. The third-order valence-corrected chi connectivity index (χ3v) is 3.69. The summed E-state index contributed by atoms with van der Waals surface area (Å²) in [5.41, 5.74) is 1.76. The average molecular weight is 283 g/mol. The Balaban J connectivity index is 1.82. The van der Waals surface area contributed by atoms with Gasteiger partial charge in [0.15, 0.2) is 0 Å². The van der Waals surface area contributed by atoms with Crippen molar-refractivity contribution in [3.05, 3.63) is 53.7 Å². The van der Waals surface area contributed by atoms with Gasteiger partial charge in [-0.1, -0.05) is 6.07 Å². The average Bonchev–Trinajstić information content (AvgIpc) is 2.57. The number of aldehydes is 1. The van der Waals surface area contributed by atoms with Crippen LogP contribution < -0.4 is 4.74 Å². The minimum atomic E-state index is 0.427. The summed E-state index contributed by atoms with van der Waals surface area (Å²) in [5.74, 6) is 1.76. The predicted octanol–water partition coefficient (Wildman–Crippen LogP) is 3.58. The van der Waals surface area contributed by atoms with Crippen LogP contribution in [0.1, 0.15) is 34.7 Å². The van der Waals surface area contributed by atoms with Gasteiger partial charge in [0, 0.05) is 30.5 Å². The lowest BCUT2D eigenvalue weighted by molar-refractivity contribution is 0.0848. The molecule has 0 aliphatic carbocycles. The fourth-order valence-electron chi connectivity index (χ4n) is 2.53. The second-order valence-corrected chi connectivity index (χ2v) is 5.07. The van der Waals surface area contributed by atoms with E-state index in [0.717, 1.165) is 37.9 Å². The highest BCUT2D eigenvalue weighted by molar-refractivity contribution is 5.74. The van der Waals surface area contributed by atoms with E-state index in [9.17, 15) is 4.79 Å². The van der Waals surface area contributed by atoms with Crippen molar-refractivity contribution < 1.29 is 14.3 Å². The molecule has 2 aromatic rings. The molecule has 0 saturated carbocycles. The summed E-state index contributed by atoms with van der Waals surface area (Å²) in [4.78, 5) is 15.0. The van der Waals surface area contributed by atoms with Crippen LogP contribution in [-0.4, -0.2) is 24.5 Å². The molecule has 0 unspecified atom stereocenters. The number of benzene rings is 1. The van der Waals surface area contributed by atoms with Crippen molar-refractivity contribution in [2.24, 2.45) is 0 Å². The highest BCUT2D eigenvalue weighted by atomic mass is 16.5. The molecular weight excluding hydrogens is 266 g/mol. The van der Waals surface area contributed by atoms with Gasteiger partial charge in [0.05, 0.1) is 0 Å². The maximum Gasteiger partial charge on any atom is 0.222 e. The van der Waals surface area contributed by atoms with Gasteiger partial charge < -0.3 is 9.47 Å². The molecule has 3 rings (SSSR count). The van der Waals surface area contributed by atoms with Gasteiger partial charge in [-0.05, 0) is 49.1 Å². The van der Waals surface area contributed by atoms with E-state index in [4.69, 9.17) is 9.47 Å². The number of hydrogen-bond donors (Lipinski definition) is 0. The van der Waals surface area contributed by atoms with Gasteiger partial charge in [-0.2, -0.15) is 0 Å². The molecule has 0 N–H and O–H groups in total. The van der Waals surface area contributed by atoms with Crippen LogP contribution >= 0.6 is 0 Å². The Morgan fingerprint density at radius 1 is 1.14 bits per heavy atom. The number of pyridine rings is 1. The molecule has 0 bridgehead atoms. The van der Waals surface area contributed by atoms with Crippen LogP contribution in [-0.2, 0) is 4.74 Å². The van der Waals surface area contributed by atoms with Crippen molar-refractivity contribution in [1.29, 1.82) is 0 Å². The standard InChI is InChI=1S/C17H17NO3/c19-12-13-3-5-15(6-4-13)21-17-16(2-1-9-18-17)14-7-10-20-11-8-14/h1-6,9,12,14H,7-8,10-11H2. The zero-order valence-electron chi connectivity index (χ0n) is 11.7. The van der Waals surface area contributed by atoms with E-state index in [1.807, 2.05) is 6.07 Å². The Morgan fingerprint density at radius 2 is 1.90 bits per heavy atom. The molecule has 21 heavy (non-hydrogen) atoms. The van der Waals surface area contributed by atoms with Crippen molar-refractivity contribution in [3.63, 3.8) is 0 Å². The largest absolute Gasteiger partial charge is 0.439 e. The number of nitrogens with zero attached hydrogens (tertiary/aromatic N) is 1. The van der Waals surface area contributed by atoms with E-state index in [1.165, 1.54) is 0 Å². The van der Waals surface area contributed by atoms with Crippen LogP contribution in [0.2, 0.25) is 0 Å². The Bertz CT molecular complexity index is 604. The molecule has 108 valence electrons. The summed E-state index contributed by atoms with van der Waals surface area (Å²) in [7, 11) is 0. The smallest absolute Gasteiger partial charge is 0.222 e. The van der Waals surface area contributed by atoms with Crippen LogP contribution in [0.25, 0.3) is 0 Å². The minimum Gasteiger partial charge on any atom is -0.439 e. The second kappa shape index (κ2) is 6.50. The molecule has 1 aliphatic rings. The zero-order chi connectivity index (χ0) is 14.5. The van der Waals surface area contributed by atoms with Crippen LogP contribution in [0.3, 0.4) is 0 Å². The Labute approximate surface area is 123 Å². The fraction of sp³-hybridized carbons (Fsp3) is 0.294. The summed E-state index contributed by atoms with van der Waals surface area (Å²) >= 11 is 0. The third-order valence-electron chi connectivity index (χ3n) is 3.69. The molecule has 1 aliphatic heterocycles. The SMILES string of the molecule is O=Cc1ccc(Oc2ncccc2C2CCOCC2)cc1. The van der Waals surface area contributed by atoms with Crippen molar-refractivity contribution >= 4 is 6.29 Å². The van der Waals surface area contributed by atoms with Crippen molar-refractivity contribution in [2.45, 2.75) is 18.8 Å². The van der Waals surface area contributed by atoms with E-state index < -0.39 is 0 Å². The van der Waals surface area contributed by atoms with Gasteiger partial charge in [0.1, 0.15) is 12.0 Å². The lowest BCUT2D eigenvalue weighted by atomic mass is 9.92. The van der Waals surface area contributed by atoms with E-state index in [-0.39, 0.29) is 0 Å². The van der Waals surface area contributed by atoms with E-state index in [1.54, 1.807) is 30.5 Å². The molecule has 1 saturated heterocycles. The molecule has 1 aromatic heterocycles.